The van der Waals surface area contributed by atoms with E-state index in [0.29, 0.717) is 23.7 Å². The van der Waals surface area contributed by atoms with Crippen LogP contribution in [0.15, 0.2) is 71.6 Å². The standard InChI is InChI=1S/C21H16F2N2O3S/c22-16-7-8-19(18(23)13-16)24-21(26)15-6-9-20-14(12-15)10-11-25(20)29(27,28)17-4-2-1-3-5-17/h1-9,12-13H,10-11H2,(H,24,26). The Morgan fingerprint density at radius 1 is 0.966 bits per heavy atom. The summed E-state index contributed by atoms with van der Waals surface area (Å²) in [6, 6.07) is 15.6. The lowest BCUT2D eigenvalue weighted by Gasteiger charge is -2.19. The molecule has 0 aromatic heterocycles. The summed E-state index contributed by atoms with van der Waals surface area (Å²) in [5.41, 5.74) is 1.34. The van der Waals surface area contributed by atoms with Crippen LogP contribution in [0.25, 0.3) is 0 Å². The Kier molecular flexibility index (Phi) is 4.79. The van der Waals surface area contributed by atoms with E-state index in [4.69, 9.17) is 0 Å². The molecule has 1 amide bonds. The Morgan fingerprint density at radius 3 is 2.45 bits per heavy atom. The Balaban J connectivity index is 1.59. The molecule has 1 aliphatic rings. The summed E-state index contributed by atoms with van der Waals surface area (Å²) in [4.78, 5) is 12.6. The maximum Gasteiger partial charge on any atom is 0.264 e. The van der Waals surface area contributed by atoms with Crippen LogP contribution in [-0.4, -0.2) is 20.9 Å². The summed E-state index contributed by atoms with van der Waals surface area (Å²) in [5.74, 6) is -2.18. The Hall–Kier alpha value is -3.26. The number of nitrogens with zero attached hydrogens (tertiary/aromatic N) is 1. The van der Waals surface area contributed by atoms with Gasteiger partial charge in [-0.3, -0.25) is 9.10 Å². The maximum absolute atomic E-state index is 13.8. The van der Waals surface area contributed by atoms with Crippen molar-refractivity contribution in [3.8, 4) is 0 Å². The van der Waals surface area contributed by atoms with Gasteiger partial charge in [0.15, 0.2) is 0 Å². The van der Waals surface area contributed by atoms with Crippen molar-refractivity contribution in [2.45, 2.75) is 11.3 Å². The number of amides is 1. The smallest absolute Gasteiger partial charge is 0.264 e. The fourth-order valence-electron chi connectivity index (χ4n) is 3.27. The second kappa shape index (κ2) is 7.29. The summed E-state index contributed by atoms with van der Waals surface area (Å²) in [6.07, 6.45) is 0.452. The molecule has 0 radical (unpaired) electrons. The molecule has 0 unspecified atom stereocenters. The van der Waals surface area contributed by atoms with Crippen molar-refractivity contribution >= 4 is 27.3 Å². The molecule has 4 rings (SSSR count). The Bertz CT molecular complexity index is 1200. The van der Waals surface area contributed by atoms with Crippen molar-refractivity contribution in [1.82, 2.24) is 0 Å². The molecule has 5 nitrogen and oxygen atoms in total. The lowest BCUT2D eigenvalue weighted by molar-refractivity contribution is 0.102. The van der Waals surface area contributed by atoms with E-state index >= 15 is 0 Å². The number of fused-ring (bicyclic) bond motifs is 1. The van der Waals surface area contributed by atoms with Gasteiger partial charge in [-0.25, -0.2) is 17.2 Å². The van der Waals surface area contributed by atoms with Crippen molar-refractivity contribution in [2.24, 2.45) is 0 Å². The minimum Gasteiger partial charge on any atom is -0.319 e. The average molecular weight is 414 g/mol. The van der Waals surface area contributed by atoms with Crippen LogP contribution in [0.1, 0.15) is 15.9 Å². The van der Waals surface area contributed by atoms with Gasteiger partial charge in [-0.1, -0.05) is 18.2 Å². The van der Waals surface area contributed by atoms with E-state index in [2.05, 4.69) is 5.32 Å². The first-order chi connectivity index (χ1) is 13.9. The molecule has 0 atom stereocenters. The van der Waals surface area contributed by atoms with Gasteiger partial charge in [0.25, 0.3) is 15.9 Å². The molecule has 0 bridgehead atoms. The zero-order valence-electron chi connectivity index (χ0n) is 15.1. The minimum atomic E-state index is -3.70. The summed E-state index contributed by atoms with van der Waals surface area (Å²) < 4.78 is 53.9. The normalized spacial score (nSPS) is 13.2. The van der Waals surface area contributed by atoms with E-state index in [9.17, 15) is 22.0 Å². The van der Waals surface area contributed by atoms with Crippen LogP contribution in [0, 0.1) is 11.6 Å². The molecule has 1 N–H and O–H groups in total. The lowest BCUT2D eigenvalue weighted by Crippen LogP contribution is -2.29. The number of halogens is 2. The van der Waals surface area contributed by atoms with E-state index in [0.717, 1.165) is 12.1 Å². The van der Waals surface area contributed by atoms with Gasteiger partial charge in [0, 0.05) is 18.2 Å². The molecule has 1 aliphatic heterocycles. The largest absolute Gasteiger partial charge is 0.319 e. The molecule has 1 heterocycles. The lowest BCUT2D eigenvalue weighted by atomic mass is 10.1. The fourth-order valence-corrected chi connectivity index (χ4v) is 4.79. The van der Waals surface area contributed by atoms with E-state index in [1.54, 1.807) is 30.3 Å². The number of nitrogens with one attached hydrogen (secondary N) is 1. The van der Waals surface area contributed by atoms with Gasteiger partial charge in [0.2, 0.25) is 0 Å². The SMILES string of the molecule is O=C(Nc1ccc(F)cc1F)c1ccc2c(c1)CCN2S(=O)(=O)c1ccccc1. The quantitative estimate of drug-likeness (QED) is 0.703. The average Bonchev–Trinajstić information content (AvgIpc) is 3.15. The first kappa shape index (κ1) is 19.1. The van der Waals surface area contributed by atoms with E-state index in [1.807, 2.05) is 0 Å². The van der Waals surface area contributed by atoms with Crippen molar-refractivity contribution in [3.05, 3.63) is 89.5 Å². The summed E-state index contributed by atoms with van der Waals surface area (Å²) >= 11 is 0. The third kappa shape index (κ3) is 3.58. The van der Waals surface area contributed by atoms with Crippen molar-refractivity contribution in [2.75, 3.05) is 16.2 Å². The molecule has 0 saturated heterocycles. The Labute approximate surface area is 166 Å². The van der Waals surface area contributed by atoms with E-state index in [1.165, 1.54) is 22.5 Å². The predicted molar refractivity (Wildman–Crippen MR) is 105 cm³/mol. The van der Waals surface area contributed by atoms with Crippen LogP contribution in [-0.2, 0) is 16.4 Å². The van der Waals surface area contributed by atoms with Gasteiger partial charge in [0.05, 0.1) is 16.3 Å². The van der Waals surface area contributed by atoms with Crippen LogP contribution >= 0.6 is 0 Å². The number of sulfonamides is 1. The fraction of sp³-hybridized carbons (Fsp3) is 0.0952. The van der Waals surface area contributed by atoms with Crippen LogP contribution in [0.4, 0.5) is 20.2 Å². The van der Waals surface area contributed by atoms with E-state index in [-0.39, 0.29) is 22.7 Å². The first-order valence-corrected chi connectivity index (χ1v) is 10.3. The highest BCUT2D eigenvalue weighted by Crippen LogP contribution is 2.33. The van der Waals surface area contributed by atoms with Crippen LogP contribution in [0.5, 0.6) is 0 Å². The second-order valence-corrected chi connectivity index (χ2v) is 8.42. The molecule has 29 heavy (non-hydrogen) atoms. The highest BCUT2D eigenvalue weighted by molar-refractivity contribution is 7.92. The highest BCUT2D eigenvalue weighted by atomic mass is 32.2. The number of rotatable bonds is 4. The predicted octanol–water partition coefficient (Wildman–Crippen LogP) is 3.97. The van der Waals surface area contributed by atoms with Gasteiger partial charge in [-0.15, -0.1) is 0 Å². The minimum absolute atomic E-state index is 0.134. The van der Waals surface area contributed by atoms with Gasteiger partial charge < -0.3 is 5.32 Å². The second-order valence-electron chi connectivity index (χ2n) is 6.56. The molecule has 0 aliphatic carbocycles. The summed E-state index contributed by atoms with van der Waals surface area (Å²) in [7, 11) is -3.70. The molecule has 8 heteroatoms. The number of hydrogen-bond acceptors (Lipinski definition) is 3. The molecular weight excluding hydrogens is 398 g/mol. The number of anilines is 2. The maximum atomic E-state index is 13.8. The zero-order chi connectivity index (χ0) is 20.6. The first-order valence-electron chi connectivity index (χ1n) is 8.83. The van der Waals surface area contributed by atoms with Crippen LogP contribution in [0.3, 0.4) is 0 Å². The monoisotopic (exact) mass is 414 g/mol. The summed E-state index contributed by atoms with van der Waals surface area (Å²) in [6.45, 7) is 0.268. The number of benzene rings is 3. The summed E-state index contributed by atoms with van der Waals surface area (Å²) in [5, 5.41) is 2.40. The van der Waals surface area contributed by atoms with Crippen LogP contribution in [0.2, 0.25) is 0 Å². The number of hydrogen-bond donors (Lipinski definition) is 1. The molecule has 3 aromatic carbocycles. The number of carbonyl (C=O) groups is 1. The number of carbonyl (C=O) groups excluding carboxylic acids is 1. The van der Waals surface area contributed by atoms with Crippen LogP contribution < -0.4 is 9.62 Å². The molecule has 3 aromatic rings. The van der Waals surface area contributed by atoms with Gasteiger partial charge in [-0.2, -0.15) is 0 Å². The van der Waals surface area contributed by atoms with Gasteiger partial charge >= 0.3 is 0 Å². The van der Waals surface area contributed by atoms with E-state index < -0.39 is 27.6 Å². The zero-order valence-corrected chi connectivity index (χ0v) is 15.9. The van der Waals surface area contributed by atoms with Crippen molar-refractivity contribution < 1.29 is 22.0 Å². The third-order valence-corrected chi connectivity index (χ3v) is 6.53. The highest BCUT2D eigenvalue weighted by Gasteiger charge is 2.31. The molecule has 0 saturated carbocycles. The third-order valence-electron chi connectivity index (χ3n) is 4.71. The molecule has 148 valence electrons. The van der Waals surface area contributed by atoms with Gasteiger partial charge in [0.1, 0.15) is 11.6 Å². The molecular formula is C21H16F2N2O3S. The molecule has 0 spiro atoms. The topological polar surface area (TPSA) is 66.5 Å². The van der Waals surface area contributed by atoms with Crippen molar-refractivity contribution in [3.63, 3.8) is 0 Å². The Morgan fingerprint density at radius 2 is 1.72 bits per heavy atom. The van der Waals surface area contributed by atoms with Crippen molar-refractivity contribution in [1.29, 1.82) is 0 Å². The van der Waals surface area contributed by atoms with Gasteiger partial charge in [-0.05, 0) is 54.4 Å². The molecule has 0 fully saturated rings.